The van der Waals surface area contributed by atoms with Crippen LogP contribution in [0.5, 0.6) is 11.5 Å². The number of hydrogen-bond donors (Lipinski definition) is 1. The number of benzene rings is 2. The molecular formula is C19H16Br2N2O3. The van der Waals surface area contributed by atoms with E-state index >= 15 is 0 Å². The van der Waals surface area contributed by atoms with E-state index in [4.69, 9.17) is 9.47 Å². The summed E-state index contributed by atoms with van der Waals surface area (Å²) in [6.45, 7) is 2.36. The van der Waals surface area contributed by atoms with Crippen molar-refractivity contribution in [2.24, 2.45) is 0 Å². The van der Waals surface area contributed by atoms with Crippen molar-refractivity contribution in [2.75, 3.05) is 19.0 Å². The van der Waals surface area contributed by atoms with Crippen molar-refractivity contribution in [3.8, 4) is 17.6 Å². The summed E-state index contributed by atoms with van der Waals surface area (Å²) in [4.78, 5) is 12.4. The molecule has 0 aromatic heterocycles. The predicted octanol–water partition coefficient (Wildman–Crippen LogP) is 5.16. The quantitative estimate of drug-likeness (QED) is 0.458. The Morgan fingerprint density at radius 3 is 2.62 bits per heavy atom. The first-order valence-electron chi connectivity index (χ1n) is 7.68. The third-order valence-electron chi connectivity index (χ3n) is 3.34. The second kappa shape index (κ2) is 9.41. The molecule has 2 aromatic rings. The summed E-state index contributed by atoms with van der Waals surface area (Å²) in [6.07, 6.45) is 1.50. The van der Waals surface area contributed by atoms with E-state index in [-0.39, 0.29) is 5.57 Å². The van der Waals surface area contributed by atoms with Gasteiger partial charge in [-0.15, -0.1) is 0 Å². The minimum atomic E-state index is -0.497. The molecular weight excluding hydrogens is 464 g/mol. The SMILES string of the molecule is CCOc1c(Br)cc(/C=C(\C#N)C(=O)Nc2ccccc2Br)cc1OC. The van der Waals surface area contributed by atoms with Crippen molar-refractivity contribution in [2.45, 2.75) is 6.92 Å². The Kier molecular flexibility index (Phi) is 7.25. The number of carbonyl (C=O) groups excluding carboxylic acids is 1. The number of nitrogens with zero attached hydrogens (tertiary/aromatic N) is 1. The zero-order valence-corrected chi connectivity index (χ0v) is 17.3. The van der Waals surface area contributed by atoms with Crippen molar-refractivity contribution < 1.29 is 14.3 Å². The lowest BCUT2D eigenvalue weighted by Gasteiger charge is -2.12. The van der Waals surface area contributed by atoms with Gasteiger partial charge in [-0.2, -0.15) is 5.26 Å². The van der Waals surface area contributed by atoms with Crippen LogP contribution in [0.3, 0.4) is 0 Å². The number of carbonyl (C=O) groups is 1. The molecule has 0 saturated heterocycles. The van der Waals surface area contributed by atoms with Crippen molar-refractivity contribution in [1.82, 2.24) is 0 Å². The Morgan fingerprint density at radius 2 is 2.00 bits per heavy atom. The summed E-state index contributed by atoms with van der Waals surface area (Å²) in [7, 11) is 1.53. The van der Waals surface area contributed by atoms with Gasteiger partial charge >= 0.3 is 0 Å². The van der Waals surface area contributed by atoms with Crippen LogP contribution < -0.4 is 14.8 Å². The molecule has 0 heterocycles. The van der Waals surface area contributed by atoms with Crippen molar-refractivity contribution in [3.63, 3.8) is 0 Å². The summed E-state index contributed by atoms with van der Waals surface area (Å²) in [6, 6.07) is 12.6. The molecule has 26 heavy (non-hydrogen) atoms. The van der Waals surface area contributed by atoms with Crippen LogP contribution in [0, 0.1) is 11.3 Å². The lowest BCUT2D eigenvalue weighted by Crippen LogP contribution is -2.13. The van der Waals surface area contributed by atoms with Crippen LogP contribution >= 0.6 is 31.9 Å². The molecule has 2 rings (SSSR count). The smallest absolute Gasteiger partial charge is 0.266 e. The lowest BCUT2D eigenvalue weighted by atomic mass is 10.1. The fourth-order valence-corrected chi connectivity index (χ4v) is 3.13. The lowest BCUT2D eigenvalue weighted by molar-refractivity contribution is -0.112. The Morgan fingerprint density at radius 1 is 1.27 bits per heavy atom. The summed E-state index contributed by atoms with van der Waals surface area (Å²) in [5.74, 6) is 0.586. The highest BCUT2D eigenvalue weighted by Crippen LogP contribution is 2.37. The first-order chi connectivity index (χ1) is 12.5. The van der Waals surface area contributed by atoms with Gasteiger partial charge in [-0.3, -0.25) is 4.79 Å². The fourth-order valence-electron chi connectivity index (χ4n) is 2.18. The largest absolute Gasteiger partial charge is 0.493 e. The molecule has 0 radical (unpaired) electrons. The minimum Gasteiger partial charge on any atom is -0.493 e. The Labute approximate surface area is 168 Å². The molecule has 0 spiro atoms. The van der Waals surface area contributed by atoms with E-state index in [1.54, 1.807) is 30.3 Å². The van der Waals surface area contributed by atoms with Gasteiger partial charge in [-0.25, -0.2) is 0 Å². The second-order valence-electron chi connectivity index (χ2n) is 5.07. The van der Waals surface area contributed by atoms with Crippen LogP contribution in [0.15, 0.2) is 50.9 Å². The predicted molar refractivity (Wildman–Crippen MR) is 108 cm³/mol. The maximum absolute atomic E-state index is 12.4. The molecule has 2 aromatic carbocycles. The van der Waals surface area contributed by atoms with Gasteiger partial charge in [-0.1, -0.05) is 12.1 Å². The zero-order chi connectivity index (χ0) is 19.1. The van der Waals surface area contributed by atoms with Crippen LogP contribution in [0.25, 0.3) is 6.08 Å². The van der Waals surface area contributed by atoms with Gasteiger partial charge < -0.3 is 14.8 Å². The number of ether oxygens (including phenoxy) is 2. The van der Waals surface area contributed by atoms with E-state index in [0.29, 0.717) is 33.8 Å². The normalized spacial score (nSPS) is 10.8. The number of halogens is 2. The molecule has 1 amide bonds. The molecule has 1 N–H and O–H groups in total. The number of methoxy groups -OCH3 is 1. The van der Waals surface area contributed by atoms with Crippen LogP contribution in [0.2, 0.25) is 0 Å². The fraction of sp³-hybridized carbons (Fsp3) is 0.158. The van der Waals surface area contributed by atoms with Gasteiger partial charge in [0.15, 0.2) is 11.5 Å². The average Bonchev–Trinajstić information content (AvgIpc) is 2.63. The Bertz CT molecular complexity index is 889. The van der Waals surface area contributed by atoms with Crippen molar-refractivity contribution >= 4 is 49.5 Å². The molecule has 134 valence electrons. The topological polar surface area (TPSA) is 71.3 Å². The zero-order valence-electron chi connectivity index (χ0n) is 14.2. The van der Waals surface area contributed by atoms with Gasteiger partial charge in [0, 0.05) is 4.47 Å². The monoisotopic (exact) mass is 478 g/mol. The summed E-state index contributed by atoms with van der Waals surface area (Å²) in [5.41, 5.74) is 1.19. The molecule has 5 nitrogen and oxygen atoms in total. The highest BCUT2D eigenvalue weighted by atomic mass is 79.9. The highest BCUT2D eigenvalue weighted by molar-refractivity contribution is 9.11. The van der Waals surface area contributed by atoms with Gasteiger partial charge in [0.2, 0.25) is 0 Å². The van der Waals surface area contributed by atoms with Crippen LogP contribution in [-0.4, -0.2) is 19.6 Å². The maximum Gasteiger partial charge on any atom is 0.266 e. The van der Waals surface area contributed by atoms with E-state index in [1.165, 1.54) is 13.2 Å². The Hall–Kier alpha value is -2.30. The number of nitrogens with one attached hydrogen (secondary N) is 1. The molecule has 7 heteroatoms. The summed E-state index contributed by atoms with van der Waals surface area (Å²) in [5, 5.41) is 12.1. The molecule has 0 aliphatic carbocycles. The first-order valence-corrected chi connectivity index (χ1v) is 9.26. The number of hydrogen-bond acceptors (Lipinski definition) is 4. The number of para-hydroxylation sites is 1. The van der Waals surface area contributed by atoms with Crippen LogP contribution in [0.1, 0.15) is 12.5 Å². The van der Waals surface area contributed by atoms with E-state index in [0.717, 1.165) is 4.47 Å². The van der Waals surface area contributed by atoms with Gasteiger partial charge in [0.25, 0.3) is 5.91 Å². The molecule has 0 atom stereocenters. The first kappa shape index (κ1) is 20.0. The molecule has 0 aliphatic heterocycles. The Balaban J connectivity index is 2.34. The molecule has 0 saturated carbocycles. The van der Waals surface area contributed by atoms with Gasteiger partial charge in [-0.05, 0) is 74.7 Å². The van der Waals surface area contributed by atoms with E-state index < -0.39 is 5.91 Å². The van der Waals surface area contributed by atoms with Crippen LogP contribution in [0.4, 0.5) is 5.69 Å². The summed E-state index contributed by atoms with van der Waals surface area (Å²) < 4.78 is 12.3. The van der Waals surface area contributed by atoms with E-state index in [1.807, 2.05) is 19.1 Å². The number of amides is 1. The van der Waals surface area contributed by atoms with E-state index in [9.17, 15) is 10.1 Å². The van der Waals surface area contributed by atoms with Crippen LogP contribution in [-0.2, 0) is 4.79 Å². The minimum absolute atomic E-state index is 0.0288. The third-order valence-corrected chi connectivity index (χ3v) is 4.62. The summed E-state index contributed by atoms with van der Waals surface area (Å²) >= 11 is 6.79. The highest BCUT2D eigenvalue weighted by Gasteiger charge is 2.14. The van der Waals surface area contributed by atoms with Gasteiger partial charge in [0.05, 0.1) is 23.9 Å². The van der Waals surface area contributed by atoms with Crippen molar-refractivity contribution in [3.05, 3.63) is 56.5 Å². The molecule has 0 aliphatic rings. The van der Waals surface area contributed by atoms with Crippen molar-refractivity contribution in [1.29, 1.82) is 5.26 Å². The number of rotatable bonds is 6. The number of nitriles is 1. The molecule has 0 fully saturated rings. The molecule has 0 bridgehead atoms. The number of anilines is 1. The third kappa shape index (κ3) is 4.87. The molecule has 0 unspecified atom stereocenters. The maximum atomic E-state index is 12.4. The van der Waals surface area contributed by atoms with E-state index in [2.05, 4.69) is 37.2 Å². The van der Waals surface area contributed by atoms with Gasteiger partial charge in [0.1, 0.15) is 11.6 Å². The average molecular weight is 480 g/mol. The standard InChI is InChI=1S/C19H16Br2N2O3/c1-3-26-18-15(21)9-12(10-17(18)25-2)8-13(11-22)19(24)23-16-7-5-4-6-14(16)20/h4-10H,3H2,1-2H3,(H,23,24)/b13-8+. The second-order valence-corrected chi connectivity index (χ2v) is 6.78.